The molecule has 0 bridgehead atoms. The number of nitriles is 1. The van der Waals surface area contributed by atoms with Gasteiger partial charge in [-0.05, 0) is 43.5 Å². The average molecular weight is 457 g/mol. The Kier molecular flexibility index (Phi) is 6.65. The van der Waals surface area contributed by atoms with Gasteiger partial charge in [0.15, 0.2) is 9.84 Å². The molecule has 2 aromatic rings. The molecule has 2 heterocycles. The highest BCUT2D eigenvalue weighted by Crippen LogP contribution is 2.34. The maximum atomic E-state index is 13.7. The normalized spacial score (nSPS) is 22.2. The van der Waals surface area contributed by atoms with Gasteiger partial charge in [0, 0.05) is 29.0 Å². The van der Waals surface area contributed by atoms with Gasteiger partial charge in [0.05, 0.1) is 28.7 Å². The number of benzene rings is 2. The lowest BCUT2D eigenvalue weighted by molar-refractivity contribution is 0.0439. The lowest BCUT2D eigenvalue weighted by Gasteiger charge is -2.31. The molecular formula is C23H24N2O4S2. The molecule has 2 aliphatic rings. The van der Waals surface area contributed by atoms with E-state index in [2.05, 4.69) is 6.07 Å². The van der Waals surface area contributed by atoms with E-state index in [1.54, 1.807) is 17.0 Å². The molecule has 0 aliphatic carbocycles. The van der Waals surface area contributed by atoms with Gasteiger partial charge in [-0.25, -0.2) is 8.42 Å². The van der Waals surface area contributed by atoms with E-state index in [1.807, 2.05) is 36.4 Å². The maximum Gasteiger partial charge on any atom is 0.255 e. The van der Waals surface area contributed by atoms with Gasteiger partial charge in [-0.1, -0.05) is 36.0 Å². The van der Waals surface area contributed by atoms with Crippen LogP contribution in [0, 0.1) is 11.3 Å². The number of nitrogens with zero attached hydrogens (tertiary/aromatic N) is 2. The highest BCUT2D eigenvalue weighted by atomic mass is 32.2. The van der Waals surface area contributed by atoms with E-state index in [4.69, 9.17) is 4.74 Å². The summed E-state index contributed by atoms with van der Waals surface area (Å²) in [4.78, 5) is 16.9. The Morgan fingerprint density at radius 1 is 1.13 bits per heavy atom. The summed E-state index contributed by atoms with van der Waals surface area (Å²) in [6, 6.07) is 16.4. The van der Waals surface area contributed by atoms with Crippen LogP contribution in [-0.4, -0.2) is 56.0 Å². The Morgan fingerprint density at radius 2 is 1.87 bits per heavy atom. The number of sulfone groups is 1. The minimum atomic E-state index is -3.13. The van der Waals surface area contributed by atoms with Crippen LogP contribution in [0.15, 0.2) is 58.3 Å². The second-order valence-corrected chi connectivity index (χ2v) is 11.2. The van der Waals surface area contributed by atoms with E-state index in [-0.39, 0.29) is 29.6 Å². The molecule has 0 N–H and O–H groups in total. The Balaban J connectivity index is 1.64. The van der Waals surface area contributed by atoms with Gasteiger partial charge >= 0.3 is 0 Å². The molecule has 0 saturated carbocycles. The third-order valence-electron chi connectivity index (χ3n) is 5.68. The molecule has 6 nitrogen and oxygen atoms in total. The van der Waals surface area contributed by atoms with Crippen molar-refractivity contribution in [2.24, 2.45) is 0 Å². The van der Waals surface area contributed by atoms with Crippen LogP contribution in [0.5, 0.6) is 0 Å². The fraction of sp³-hybridized carbons (Fsp3) is 0.391. The largest absolute Gasteiger partial charge is 0.376 e. The molecule has 2 atom stereocenters. The predicted octanol–water partition coefficient (Wildman–Crippen LogP) is 3.52. The van der Waals surface area contributed by atoms with E-state index in [1.165, 1.54) is 11.8 Å². The zero-order valence-corrected chi connectivity index (χ0v) is 18.7. The first-order chi connectivity index (χ1) is 15.0. The Morgan fingerprint density at radius 3 is 2.55 bits per heavy atom. The van der Waals surface area contributed by atoms with Gasteiger partial charge in [-0.3, -0.25) is 4.79 Å². The maximum absolute atomic E-state index is 13.7. The molecular weight excluding hydrogens is 432 g/mol. The lowest BCUT2D eigenvalue weighted by Crippen LogP contribution is -2.45. The third kappa shape index (κ3) is 5.12. The van der Waals surface area contributed by atoms with E-state index in [0.717, 1.165) is 22.6 Å². The molecule has 162 valence electrons. The van der Waals surface area contributed by atoms with Crippen molar-refractivity contribution in [3.63, 3.8) is 0 Å². The number of carbonyl (C=O) groups is 1. The monoisotopic (exact) mass is 456 g/mol. The van der Waals surface area contributed by atoms with Gasteiger partial charge in [0.2, 0.25) is 0 Å². The van der Waals surface area contributed by atoms with Crippen molar-refractivity contribution in [2.45, 2.75) is 41.2 Å². The second-order valence-electron chi connectivity index (χ2n) is 7.86. The van der Waals surface area contributed by atoms with Gasteiger partial charge in [0.25, 0.3) is 5.91 Å². The molecule has 8 heteroatoms. The van der Waals surface area contributed by atoms with Crippen LogP contribution in [0.3, 0.4) is 0 Å². The number of ether oxygens (including phenoxy) is 1. The molecule has 2 saturated heterocycles. The summed E-state index contributed by atoms with van der Waals surface area (Å²) in [6.07, 6.45) is 2.21. The van der Waals surface area contributed by atoms with Crippen LogP contribution in [0.1, 0.15) is 35.2 Å². The number of hydrogen-bond donors (Lipinski definition) is 0. The standard InChI is InChI=1S/C23H24N2O4S2/c24-14-17-6-1-3-9-21(17)30-22-10-4-2-8-20(22)23(26)25(15-19-7-5-12-29-19)18-11-13-31(27,28)16-18/h1-4,6,8-10,18-19H,5,7,11-13,15-16H2/t18-,19-/m1/s1. The van der Waals surface area contributed by atoms with Gasteiger partial charge in [0.1, 0.15) is 6.07 Å². The van der Waals surface area contributed by atoms with E-state index in [9.17, 15) is 18.5 Å². The smallest absolute Gasteiger partial charge is 0.255 e. The summed E-state index contributed by atoms with van der Waals surface area (Å²) in [6.45, 7) is 1.07. The topological polar surface area (TPSA) is 87.5 Å². The molecule has 0 radical (unpaired) electrons. The highest BCUT2D eigenvalue weighted by molar-refractivity contribution is 7.99. The van der Waals surface area contributed by atoms with Crippen molar-refractivity contribution in [2.75, 3.05) is 24.7 Å². The molecule has 31 heavy (non-hydrogen) atoms. The van der Waals surface area contributed by atoms with Gasteiger partial charge in [-0.15, -0.1) is 0 Å². The molecule has 0 spiro atoms. The van der Waals surface area contributed by atoms with Crippen molar-refractivity contribution in [1.29, 1.82) is 5.26 Å². The molecule has 2 fully saturated rings. The quantitative estimate of drug-likeness (QED) is 0.661. The molecule has 1 amide bonds. The average Bonchev–Trinajstić information content (AvgIpc) is 3.41. The fourth-order valence-electron chi connectivity index (χ4n) is 4.08. The second kappa shape index (κ2) is 9.43. The molecule has 4 rings (SSSR count). The minimum Gasteiger partial charge on any atom is -0.376 e. The number of amides is 1. The first kappa shape index (κ1) is 21.9. The van der Waals surface area contributed by atoms with Crippen LogP contribution in [0.2, 0.25) is 0 Å². The first-order valence-corrected chi connectivity index (χ1v) is 13.0. The van der Waals surface area contributed by atoms with Gasteiger partial charge < -0.3 is 9.64 Å². The third-order valence-corrected chi connectivity index (χ3v) is 8.58. The van der Waals surface area contributed by atoms with Crippen LogP contribution in [0.4, 0.5) is 0 Å². The van der Waals surface area contributed by atoms with E-state index in [0.29, 0.717) is 30.7 Å². The molecule has 0 unspecified atom stereocenters. The highest BCUT2D eigenvalue weighted by Gasteiger charge is 2.37. The van der Waals surface area contributed by atoms with Crippen molar-refractivity contribution >= 4 is 27.5 Å². The van der Waals surface area contributed by atoms with Crippen molar-refractivity contribution in [3.05, 3.63) is 59.7 Å². The summed E-state index contributed by atoms with van der Waals surface area (Å²) < 4.78 is 30.0. The van der Waals surface area contributed by atoms with Crippen LogP contribution < -0.4 is 0 Å². The number of rotatable bonds is 6. The van der Waals surface area contributed by atoms with Crippen molar-refractivity contribution in [1.82, 2.24) is 4.90 Å². The Hall–Kier alpha value is -2.34. The summed E-state index contributed by atoms with van der Waals surface area (Å²) in [5.74, 6) is -0.0770. The SMILES string of the molecule is N#Cc1ccccc1Sc1ccccc1C(=O)N(C[C@H]1CCCO1)[C@@H]1CCS(=O)(=O)C1. The number of carbonyl (C=O) groups excluding carboxylic acids is 1. The summed E-state index contributed by atoms with van der Waals surface area (Å²) in [7, 11) is -3.13. The minimum absolute atomic E-state index is 0.00195. The number of hydrogen-bond acceptors (Lipinski definition) is 6. The van der Waals surface area contributed by atoms with Crippen LogP contribution in [-0.2, 0) is 14.6 Å². The van der Waals surface area contributed by atoms with Crippen LogP contribution in [0.25, 0.3) is 0 Å². The first-order valence-electron chi connectivity index (χ1n) is 10.4. The van der Waals surface area contributed by atoms with E-state index < -0.39 is 9.84 Å². The van der Waals surface area contributed by atoms with Crippen molar-refractivity contribution < 1.29 is 17.9 Å². The van der Waals surface area contributed by atoms with Crippen LogP contribution >= 0.6 is 11.8 Å². The predicted molar refractivity (Wildman–Crippen MR) is 119 cm³/mol. The van der Waals surface area contributed by atoms with E-state index >= 15 is 0 Å². The van der Waals surface area contributed by atoms with Gasteiger partial charge in [-0.2, -0.15) is 5.26 Å². The zero-order valence-electron chi connectivity index (χ0n) is 17.1. The fourth-order valence-corrected chi connectivity index (χ4v) is 6.83. The Bertz CT molecular complexity index is 1100. The molecule has 2 aliphatic heterocycles. The molecule has 0 aromatic heterocycles. The lowest BCUT2D eigenvalue weighted by atomic mass is 10.1. The Labute approximate surface area is 187 Å². The van der Waals surface area contributed by atoms with Crippen molar-refractivity contribution in [3.8, 4) is 6.07 Å². The molecule has 2 aromatic carbocycles. The summed E-state index contributed by atoms with van der Waals surface area (Å²) in [5.41, 5.74) is 1.07. The summed E-state index contributed by atoms with van der Waals surface area (Å²) in [5, 5.41) is 9.41. The zero-order chi connectivity index (χ0) is 21.8. The summed E-state index contributed by atoms with van der Waals surface area (Å²) >= 11 is 1.38.